The Kier molecular flexibility index (Phi) is 5.77. The van der Waals surface area contributed by atoms with Crippen molar-refractivity contribution in [3.8, 4) is 0 Å². The number of allylic oxidation sites excluding steroid dienone is 1. The number of anilines is 2. The molecule has 0 spiro atoms. The van der Waals surface area contributed by atoms with Crippen molar-refractivity contribution in [2.45, 2.75) is 39.0 Å². The van der Waals surface area contributed by atoms with Crippen LogP contribution in [0.3, 0.4) is 0 Å². The third-order valence-electron chi connectivity index (χ3n) is 4.34. The largest absolute Gasteiger partial charge is 0.354 e. The first-order chi connectivity index (χ1) is 12.2. The summed E-state index contributed by atoms with van der Waals surface area (Å²) in [5, 5.41) is 6.06. The smallest absolute Gasteiger partial charge is 0.258 e. The fourth-order valence-electron chi connectivity index (χ4n) is 2.84. The lowest BCUT2D eigenvalue weighted by molar-refractivity contribution is 0.102. The van der Waals surface area contributed by atoms with E-state index in [-0.39, 0.29) is 5.91 Å². The molecule has 5 nitrogen and oxygen atoms in total. The maximum Gasteiger partial charge on any atom is 0.258 e. The molecule has 5 heteroatoms. The number of rotatable bonds is 6. The van der Waals surface area contributed by atoms with Crippen LogP contribution in [0, 0.1) is 6.92 Å². The number of aromatic nitrogens is 2. The van der Waals surface area contributed by atoms with Crippen molar-refractivity contribution in [3.63, 3.8) is 0 Å². The van der Waals surface area contributed by atoms with Gasteiger partial charge in [-0.05, 0) is 51.2 Å². The van der Waals surface area contributed by atoms with Gasteiger partial charge in [-0.3, -0.25) is 4.79 Å². The molecule has 0 atom stereocenters. The lowest BCUT2D eigenvalue weighted by Gasteiger charge is -2.12. The number of nitrogens with zero attached hydrogens (tertiary/aromatic N) is 2. The summed E-state index contributed by atoms with van der Waals surface area (Å²) in [6.07, 6.45) is 11.5. The Morgan fingerprint density at radius 2 is 1.88 bits per heavy atom. The van der Waals surface area contributed by atoms with E-state index in [4.69, 9.17) is 0 Å². The minimum Gasteiger partial charge on any atom is -0.354 e. The summed E-state index contributed by atoms with van der Waals surface area (Å²) in [7, 11) is 0. The maximum absolute atomic E-state index is 12.2. The molecular weight excluding hydrogens is 312 g/mol. The molecule has 0 bridgehead atoms. The summed E-state index contributed by atoms with van der Waals surface area (Å²) in [5.74, 6) is 0.353. The third-order valence-corrected chi connectivity index (χ3v) is 4.34. The molecule has 2 N–H and O–H groups in total. The Morgan fingerprint density at radius 3 is 2.56 bits per heavy atom. The zero-order valence-corrected chi connectivity index (χ0v) is 14.6. The van der Waals surface area contributed by atoms with Gasteiger partial charge in [-0.25, -0.2) is 9.97 Å². The molecule has 1 aliphatic rings. The fraction of sp³-hybridized carbons (Fsp3) is 0.350. The van der Waals surface area contributed by atoms with E-state index in [2.05, 4.69) is 26.7 Å². The predicted molar refractivity (Wildman–Crippen MR) is 101 cm³/mol. The summed E-state index contributed by atoms with van der Waals surface area (Å²) >= 11 is 0. The van der Waals surface area contributed by atoms with Crippen LogP contribution in [0.4, 0.5) is 11.6 Å². The quantitative estimate of drug-likeness (QED) is 0.770. The second kappa shape index (κ2) is 8.42. The average molecular weight is 336 g/mol. The molecule has 1 aromatic carbocycles. The minimum atomic E-state index is -0.206. The molecule has 0 saturated carbocycles. The Balaban J connectivity index is 1.50. The van der Waals surface area contributed by atoms with Gasteiger partial charge in [-0.1, -0.05) is 29.3 Å². The Labute approximate surface area is 148 Å². The van der Waals surface area contributed by atoms with Crippen molar-refractivity contribution in [1.29, 1.82) is 0 Å². The first kappa shape index (κ1) is 17.1. The second-order valence-corrected chi connectivity index (χ2v) is 6.40. The normalized spacial score (nSPS) is 13.9. The Hall–Kier alpha value is -2.69. The number of carbonyl (C=O) groups is 1. The van der Waals surface area contributed by atoms with Gasteiger partial charge in [0.15, 0.2) is 0 Å². The molecule has 3 rings (SSSR count). The standard InChI is InChI=1S/C20H24N4O/c1-15-7-9-18(10-8-15)24-19(25)17-13-22-20(23-14-17)21-12-11-16-5-3-2-4-6-16/h5,7-10,13-14H,2-4,6,11-12H2,1H3,(H,24,25)(H,21,22,23). The number of nitrogens with one attached hydrogen (secondary N) is 2. The summed E-state index contributed by atoms with van der Waals surface area (Å²) in [6, 6.07) is 7.68. The van der Waals surface area contributed by atoms with Crippen LogP contribution < -0.4 is 10.6 Å². The zero-order valence-electron chi connectivity index (χ0n) is 14.6. The molecule has 0 saturated heterocycles. The molecule has 1 heterocycles. The van der Waals surface area contributed by atoms with E-state index >= 15 is 0 Å². The van der Waals surface area contributed by atoms with Crippen LogP contribution in [0.1, 0.15) is 48.0 Å². The second-order valence-electron chi connectivity index (χ2n) is 6.40. The number of hydrogen-bond acceptors (Lipinski definition) is 4. The van der Waals surface area contributed by atoms with E-state index in [1.807, 2.05) is 31.2 Å². The lowest BCUT2D eigenvalue weighted by atomic mass is 9.97. The molecule has 1 amide bonds. The van der Waals surface area contributed by atoms with Crippen LogP contribution in [0.2, 0.25) is 0 Å². The van der Waals surface area contributed by atoms with Gasteiger partial charge < -0.3 is 10.6 Å². The van der Waals surface area contributed by atoms with Crippen molar-refractivity contribution in [3.05, 3.63) is 59.4 Å². The van der Waals surface area contributed by atoms with Gasteiger partial charge in [0, 0.05) is 24.6 Å². The molecule has 1 aliphatic carbocycles. The highest BCUT2D eigenvalue weighted by atomic mass is 16.1. The number of hydrogen-bond donors (Lipinski definition) is 2. The van der Waals surface area contributed by atoms with Gasteiger partial charge in [-0.2, -0.15) is 0 Å². The van der Waals surface area contributed by atoms with Gasteiger partial charge in [-0.15, -0.1) is 0 Å². The first-order valence-corrected chi connectivity index (χ1v) is 8.82. The van der Waals surface area contributed by atoms with E-state index in [9.17, 15) is 4.79 Å². The number of aryl methyl sites for hydroxylation is 1. The van der Waals surface area contributed by atoms with Crippen LogP contribution in [0.25, 0.3) is 0 Å². The molecule has 0 unspecified atom stereocenters. The van der Waals surface area contributed by atoms with Crippen LogP contribution >= 0.6 is 0 Å². The van der Waals surface area contributed by atoms with E-state index in [1.165, 1.54) is 31.3 Å². The summed E-state index contributed by atoms with van der Waals surface area (Å²) in [4.78, 5) is 20.7. The maximum atomic E-state index is 12.2. The molecule has 25 heavy (non-hydrogen) atoms. The highest BCUT2D eigenvalue weighted by Gasteiger charge is 2.08. The van der Waals surface area contributed by atoms with Gasteiger partial charge in [0.05, 0.1) is 5.56 Å². The van der Waals surface area contributed by atoms with Gasteiger partial charge in [0.25, 0.3) is 5.91 Å². The molecule has 0 aliphatic heterocycles. The SMILES string of the molecule is Cc1ccc(NC(=O)c2cnc(NCCC3=CCCCC3)nc2)cc1. The van der Waals surface area contributed by atoms with E-state index < -0.39 is 0 Å². The van der Waals surface area contributed by atoms with Gasteiger partial charge in [0.2, 0.25) is 5.95 Å². The van der Waals surface area contributed by atoms with Crippen molar-refractivity contribution < 1.29 is 4.79 Å². The zero-order chi connectivity index (χ0) is 17.5. The summed E-state index contributed by atoms with van der Waals surface area (Å²) in [6.45, 7) is 2.83. The monoisotopic (exact) mass is 336 g/mol. The molecule has 0 fully saturated rings. The van der Waals surface area contributed by atoms with Crippen LogP contribution in [0.5, 0.6) is 0 Å². The number of carbonyl (C=O) groups excluding carboxylic acids is 1. The van der Waals surface area contributed by atoms with Crippen molar-refractivity contribution in [1.82, 2.24) is 9.97 Å². The highest BCUT2D eigenvalue weighted by Crippen LogP contribution is 2.19. The molecular formula is C20H24N4O. The first-order valence-electron chi connectivity index (χ1n) is 8.82. The van der Waals surface area contributed by atoms with Crippen molar-refractivity contribution in [2.75, 3.05) is 17.2 Å². The van der Waals surface area contributed by atoms with Crippen molar-refractivity contribution >= 4 is 17.5 Å². The molecule has 1 aromatic heterocycles. The van der Waals surface area contributed by atoms with E-state index in [0.29, 0.717) is 11.5 Å². The predicted octanol–water partition coefficient (Wildman–Crippen LogP) is 4.34. The van der Waals surface area contributed by atoms with Crippen LogP contribution in [0.15, 0.2) is 48.3 Å². The average Bonchev–Trinajstić information content (AvgIpc) is 2.65. The topological polar surface area (TPSA) is 66.9 Å². The van der Waals surface area contributed by atoms with Crippen molar-refractivity contribution in [2.24, 2.45) is 0 Å². The van der Waals surface area contributed by atoms with E-state index in [0.717, 1.165) is 24.2 Å². The Morgan fingerprint density at radius 1 is 1.12 bits per heavy atom. The minimum absolute atomic E-state index is 0.206. The molecule has 2 aromatic rings. The summed E-state index contributed by atoms with van der Waals surface area (Å²) in [5.41, 5.74) is 3.88. The van der Waals surface area contributed by atoms with Crippen LogP contribution in [-0.2, 0) is 0 Å². The van der Waals surface area contributed by atoms with Crippen LogP contribution in [-0.4, -0.2) is 22.4 Å². The summed E-state index contributed by atoms with van der Waals surface area (Å²) < 4.78 is 0. The highest BCUT2D eigenvalue weighted by molar-refractivity contribution is 6.03. The molecule has 130 valence electrons. The lowest BCUT2D eigenvalue weighted by Crippen LogP contribution is -2.14. The van der Waals surface area contributed by atoms with Gasteiger partial charge in [0.1, 0.15) is 0 Å². The molecule has 0 radical (unpaired) electrons. The Bertz CT molecular complexity index is 735. The van der Waals surface area contributed by atoms with Gasteiger partial charge >= 0.3 is 0 Å². The van der Waals surface area contributed by atoms with E-state index in [1.54, 1.807) is 12.4 Å². The fourth-order valence-corrected chi connectivity index (χ4v) is 2.84. The number of benzene rings is 1. The third kappa shape index (κ3) is 5.14. The number of amides is 1.